The first-order valence-corrected chi connectivity index (χ1v) is 11.1. The number of aryl methyl sites for hydroxylation is 2. The summed E-state index contributed by atoms with van der Waals surface area (Å²) >= 11 is 0. The van der Waals surface area contributed by atoms with Gasteiger partial charge in [-0.1, -0.05) is 6.07 Å². The number of hydrogen-bond acceptors (Lipinski definition) is 5. The van der Waals surface area contributed by atoms with E-state index in [9.17, 15) is 14.4 Å². The van der Waals surface area contributed by atoms with Gasteiger partial charge in [0.25, 0.3) is 5.91 Å². The number of aromatic nitrogens is 1. The Bertz CT molecular complexity index is 1210. The van der Waals surface area contributed by atoms with Crippen LogP contribution < -0.4 is 20.3 Å². The van der Waals surface area contributed by atoms with Crippen LogP contribution >= 0.6 is 0 Å². The third kappa shape index (κ3) is 5.58. The summed E-state index contributed by atoms with van der Waals surface area (Å²) in [7, 11) is 0. The molecule has 4 rings (SSSR count). The van der Waals surface area contributed by atoms with Crippen LogP contribution in [0.4, 0.5) is 11.4 Å². The number of carbonyl (C=O) groups excluding carboxylic acids is 3. The zero-order chi connectivity index (χ0) is 24.1. The molecule has 0 unspecified atom stereocenters. The molecule has 2 heterocycles. The summed E-state index contributed by atoms with van der Waals surface area (Å²) in [5.74, 6) is 0.443. The zero-order valence-electron chi connectivity index (χ0n) is 19.1. The van der Waals surface area contributed by atoms with E-state index in [4.69, 9.17) is 4.74 Å². The number of ether oxygens (including phenoxy) is 1. The number of carbonyl (C=O) groups is 3. The first-order valence-electron chi connectivity index (χ1n) is 11.1. The van der Waals surface area contributed by atoms with Gasteiger partial charge >= 0.3 is 0 Å². The van der Waals surface area contributed by atoms with E-state index in [1.165, 1.54) is 11.8 Å². The Hall–Kier alpha value is -4.20. The van der Waals surface area contributed by atoms with Gasteiger partial charge in [-0.05, 0) is 73.9 Å². The topological polar surface area (TPSA) is 101 Å². The minimum Gasteiger partial charge on any atom is -0.439 e. The number of nitrogens with zero attached hydrogens (tertiary/aromatic N) is 2. The second kappa shape index (κ2) is 10.2. The van der Waals surface area contributed by atoms with Crippen LogP contribution in [0, 0.1) is 13.8 Å². The largest absolute Gasteiger partial charge is 0.439 e. The number of amides is 3. The summed E-state index contributed by atoms with van der Waals surface area (Å²) in [5.41, 5.74) is 3.99. The van der Waals surface area contributed by atoms with Gasteiger partial charge in [-0.15, -0.1) is 0 Å². The van der Waals surface area contributed by atoms with E-state index < -0.39 is 0 Å². The van der Waals surface area contributed by atoms with Crippen LogP contribution in [0.2, 0.25) is 0 Å². The molecule has 2 N–H and O–H groups in total. The molecule has 174 valence electrons. The number of pyridine rings is 1. The quantitative estimate of drug-likeness (QED) is 0.558. The molecule has 1 aliphatic rings. The molecule has 8 heteroatoms. The lowest BCUT2D eigenvalue weighted by atomic mass is 10.1. The summed E-state index contributed by atoms with van der Waals surface area (Å²) in [6, 6.07) is 15.9. The van der Waals surface area contributed by atoms with Crippen molar-refractivity contribution in [2.45, 2.75) is 26.7 Å². The van der Waals surface area contributed by atoms with Gasteiger partial charge in [-0.25, -0.2) is 4.98 Å². The molecule has 0 saturated carbocycles. The van der Waals surface area contributed by atoms with E-state index in [0.717, 1.165) is 17.7 Å². The Morgan fingerprint density at radius 1 is 1.03 bits per heavy atom. The van der Waals surface area contributed by atoms with Gasteiger partial charge in [-0.2, -0.15) is 0 Å². The number of anilines is 2. The SMILES string of the molecule is Cc1ccc(Oc2ccc(NC(=O)CNC(=O)c3ccc(N4CCCC4=O)cc3)cn2)cc1C. The predicted molar refractivity (Wildman–Crippen MR) is 129 cm³/mol. The second-order valence-electron chi connectivity index (χ2n) is 8.16. The fourth-order valence-corrected chi connectivity index (χ4v) is 3.59. The molecule has 34 heavy (non-hydrogen) atoms. The highest BCUT2D eigenvalue weighted by atomic mass is 16.5. The Morgan fingerprint density at radius 2 is 1.82 bits per heavy atom. The van der Waals surface area contributed by atoms with Crippen molar-refractivity contribution in [3.05, 3.63) is 77.5 Å². The van der Waals surface area contributed by atoms with Gasteiger partial charge in [0.2, 0.25) is 17.7 Å². The third-order valence-electron chi connectivity index (χ3n) is 5.64. The molecule has 0 aliphatic carbocycles. The molecule has 1 aliphatic heterocycles. The van der Waals surface area contributed by atoms with Gasteiger partial charge in [0.1, 0.15) is 5.75 Å². The van der Waals surface area contributed by atoms with Crippen LogP contribution in [-0.4, -0.2) is 35.8 Å². The average molecular weight is 459 g/mol. The molecule has 2 aromatic carbocycles. The lowest BCUT2D eigenvalue weighted by Crippen LogP contribution is -2.33. The molecule has 0 atom stereocenters. The van der Waals surface area contributed by atoms with Crippen LogP contribution in [0.15, 0.2) is 60.8 Å². The summed E-state index contributed by atoms with van der Waals surface area (Å²) in [6.07, 6.45) is 2.89. The summed E-state index contributed by atoms with van der Waals surface area (Å²) in [4.78, 5) is 42.4. The highest BCUT2D eigenvalue weighted by molar-refractivity contribution is 6.00. The fraction of sp³-hybridized carbons (Fsp3) is 0.231. The normalized spacial score (nSPS) is 13.0. The van der Waals surface area contributed by atoms with E-state index in [-0.39, 0.29) is 24.3 Å². The zero-order valence-corrected chi connectivity index (χ0v) is 19.1. The van der Waals surface area contributed by atoms with E-state index in [0.29, 0.717) is 35.8 Å². The minimum atomic E-state index is -0.378. The van der Waals surface area contributed by atoms with Crippen LogP contribution in [0.1, 0.15) is 34.3 Å². The number of benzene rings is 2. The Morgan fingerprint density at radius 3 is 2.47 bits per heavy atom. The van der Waals surface area contributed by atoms with Gasteiger partial charge in [0.05, 0.1) is 18.4 Å². The van der Waals surface area contributed by atoms with Gasteiger partial charge < -0.3 is 20.3 Å². The van der Waals surface area contributed by atoms with Crippen LogP contribution in [-0.2, 0) is 9.59 Å². The first kappa shape index (κ1) is 23.0. The summed E-state index contributed by atoms with van der Waals surface area (Å²) in [5, 5.41) is 5.29. The molecule has 0 radical (unpaired) electrons. The number of rotatable bonds is 7. The van der Waals surface area contributed by atoms with Crippen molar-refractivity contribution in [1.29, 1.82) is 0 Å². The highest BCUT2D eigenvalue weighted by Gasteiger charge is 2.21. The fourth-order valence-electron chi connectivity index (χ4n) is 3.59. The van der Waals surface area contributed by atoms with E-state index >= 15 is 0 Å². The van der Waals surface area contributed by atoms with Crippen molar-refractivity contribution in [3.63, 3.8) is 0 Å². The third-order valence-corrected chi connectivity index (χ3v) is 5.64. The van der Waals surface area contributed by atoms with Crippen LogP contribution in [0.3, 0.4) is 0 Å². The van der Waals surface area contributed by atoms with Crippen molar-refractivity contribution in [2.24, 2.45) is 0 Å². The molecule has 3 amide bonds. The van der Waals surface area contributed by atoms with Crippen LogP contribution in [0.25, 0.3) is 0 Å². The Kier molecular flexibility index (Phi) is 6.87. The Labute approximate surface area is 198 Å². The molecular formula is C26H26N4O4. The highest BCUT2D eigenvalue weighted by Crippen LogP contribution is 2.23. The minimum absolute atomic E-state index is 0.0909. The lowest BCUT2D eigenvalue weighted by molar-refractivity contribution is -0.117. The monoisotopic (exact) mass is 458 g/mol. The van der Waals surface area contributed by atoms with Crippen molar-refractivity contribution in [2.75, 3.05) is 23.3 Å². The van der Waals surface area contributed by atoms with Crippen molar-refractivity contribution in [1.82, 2.24) is 10.3 Å². The number of nitrogens with one attached hydrogen (secondary N) is 2. The molecular weight excluding hydrogens is 432 g/mol. The maximum Gasteiger partial charge on any atom is 0.251 e. The van der Waals surface area contributed by atoms with Gasteiger partial charge in [0.15, 0.2) is 0 Å². The molecule has 1 fully saturated rings. The summed E-state index contributed by atoms with van der Waals surface area (Å²) < 4.78 is 5.75. The second-order valence-corrected chi connectivity index (χ2v) is 8.16. The smallest absolute Gasteiger partial charge is 0.251 e. The Balaban J connectivity index is 1.26. The molecule has 0 spiro atoms. The van der Waals surface area contributed by atoms with E-state index in [1.54, 1.807) is 41.3 Å². The van der Waals surface area contributed by atoms with E-state index in [2.05, 4.69) is 15.6 Å². The summed E-state index contributed by atoms with van der Waals surface area (Å²) in [6.45, 7) is 4.55. The van der Waals surface area contributed by atoms with Gasteiger partial charge in [0, 0.05) is 30.3 Å². The first-order chi connectivity index (χ1) is 16.4. The predicted octanol–water partition coefficient (Wildman–Crippen LogP) is 3.99. The maximum atomic E-state index is 12.4. The number of hydrogen-bond donors (Lipinski definition) is 2. The van der Waals surface area contributed by atoms with Crippen molar-refractivity contribution in [3.8, 4) is 11.6 Å². The average Bonchev–Trinajstić information content (AvgIpc) is 3.27. The van der Waals surface area contributed by atoms with Crippen molar-refractivity contribution < 1.29 is 19.1 Å². The molecule has 1 aromatic heterocycles. The molecule has 0 bridgehead atoms. The maximum absolute atomic E-state index is 12.4. The molecule has 1 saturated heterocycles. The van der Waals surface area contributed by atoms with Crippen LogP contribution in [0.5, 0.6) is 11.6 Å². The lowest BCUT2D eigenvalue weighted by Gasteiger charge is -2.15. The molecule has 3 aromatic rings. The van der Waals surface area contributed by atoms with Gasteiger partial charge in [-0.3, -0.25) is 14.4 Å². The van der Waals surface area contributed by atoms with E-state index in [1.807, 2.05) is 32.0 Å². The van der Waals surface area contributed by atoms with Crippen molar-refractivity contribution >= 4 is 29.1 Å². The molecule has 8 nitrogen and oxygen atoms in total. The standard InChI is InChI=1S/C26H26N4O4/c1-17-5-11-22(14-18(17)2)34-24-12-8-20(15-27-24)29-23(31)16-28-26(33)19-6-9-21(10-7-19)30-13-3-4-25(30)32/h5-12,14-15H,3-4,13,16H2,1-2H3,(H,28,33)(H,29,31).